The average molecular weight is 307 g/mol. The normalized spacial score (nSPS) is 18.4. The largest absolute Gasteiger partial charge is 0.342 e. The molecule has 0 bridgehead atoms. The van der Waals surface area contributed by atoms with Crippen LogP contribution in [-0.4, -0.2) is 33.4 Å². The zero-order valence-corrected chi connectivity index (χ0v) is 13.8. The van der Waals surface area contributed by atoms with Crippen molar-refractivity contribution in [2.75, 3.05) is 13.1 Å². The first-order valence-corrected chi connectivity index (χ1v) is 9.19. The lowest BCUT2D eigenvalue weighted by Gasteiger charge is -2.26. The zero-order valence-electron chi connectivity index (χ0n) is 13.0. The van der Waals surface area contributed by atoms with Crippen molar-refractivity contribution in [3.8, 4) is 0 Å². The third-order valence-corrected chi connectivity index (χ3v) is 6.33. The number of amides is 1. The van der Waals surface area contributed by atoms with Crippen LogP contribution in [0.1, 0.15) is 50.3 Å². The molecular weight excluding hydrogens is 282 g/mol. The molecule has 1 aromatic rings. The van der Waals surface area contributed by atoms with Crippen molar-refractivity contribution in [1.29, 1.82) is 0 Å². The van der Waals surface area contributed by atoms with Crippen molar-refractivity contribution in [3.05, 3.63) is 35.9 Å². The molecule has 1 aliphatic rings. The molecular formula is C17H25NO2S. The molecule has 0 heterocycles. The lowest BCUT2D eigenvalue weighted by Crippen LogP contribution is -2.38. The first-order chi connectivity index (χ1) is 10.2. The quantitative estimate of drug-likeness (QED) is 0.809. The molecule has 21 heavy (non-hydrogen) atoms. The Morgan fingerprint density at radius 2 is 1.76 bits per heavy atom. The van der Waals surface area contributed by atoms with Crippen LogP contribution in [0, 0.1) is 0 Å². The number of carbonyl (C=O) groups excluding carboxylic acids is 1. The molecule has 3 nitrogen and oxygen atoms in total. The monoisotopic (exact) mass is 307 g/mol. The van der Waals surface area contributed by atoms with Crippen LogP contribution < -0.4 is 0 Å². The van der Waals surface area contributed by atoms with Gasteiger partial charge in [0.15, 0.2) is 0 Å². The van der Waals surface area contributed by atoms with E-state index in [0.29, 0.717) is 13.1 Å². The van der Waals surface area contributed by atoms with Crippen LogP contribution in [-0.2, 0) is 15.6 Å². The second-order valence-electron chi connectivity index (χ2n) is 5.54. The summed E-state index contributed by atoms with van der Waals surface area (Å²) < 4.78 is 13.0. The van der Waals surface area contributed by atoms with Crippen molar-refractivity contribution in [2.24, 2.45) is 0 Å². The molecule has 1 fully saturated rings. The number of nitrogens with zero attached hydrogens (tertiary/aromatic N) is 1. The minimum absolute atomic E-state index is 0.0106. The van der Waals surface area contributed by atoms with E-state index in [1.54, 1.807) is 4.90 Å². The van der Waals surface area contributed by atoms with Gasteiger partial charge in [-0.2, -0.15) is 0 Å². The van der Waals surface area contributed by atoms with Crippen LogP contribution in [0.5, 0.6) is 0 Å². The van der Waals surface area contributed by atoms with Crippen molar-refractivity contribution in [2.45, 2.75) is 50.0 Å². The summed E-state index contributed by atoms with van der Waals surface area (Å²) in [6.07, 6.45) is 4.25. The maximum atomic E-state index is 13.0. The fourth-order valence-corrected chi connectivity index (χ4v) is 4.97. The summed E-state index contributed by atoms with van der Waals surface area (Å²) in [5.74, 6) is 0.0106. The van der Waals surface area contributed by atoms with Crippen LogP contribution >= 0.6 is 0 Å². The van der Waals surface area contributed by atoms with E-state index in [-0.39, 0.29) is 11.2 Å². The lowest BCUT2D eigenvalue weighted by atomic mass is 10.1. The Morgan fingerprint density at radius 1 is 1.19 bits per heavy atom. The maximum absolute atomic E-state index is 13.0. The third-order valence-electron chi connectivity index (χ3n) is 4.26. The number of rotatable bonds is 6. The predicted octanol–water partition coefficient (Wildman–Crippen LogP) is 3.29. The highest BCUT2D eigenvalue weighted by atomic mass is 32.2. The first kappa shape index (κ1) is 16.2. The molecule has 2 atom stereocenters. The lowest BCUT2D eigenvalue weighted by molar-refractivity contribution is -0.130. The topological polar surface area (TPSA) is 37.4 Å². The summed E-state index contributed by atoms with van der Waals surface area (Å²) in [5.41, 5.74) is 0.889. The summed E-state index contributed by atoms with van der Waals surface area (Å²) in [4.78, 5) is 14.6. The minimum Gasteiger partial charge on any atom is -0.342 e. The van der Waals surface area contributed by atoms with Gasteiger partial charge in [-0.3, -0.25) is 9.00 Å². The molecule has 2 rings (SSSR count). The van der Waals surface area contributed by atoms with E-state index in [1.807, 2.05) is 44.2 Å². The highest BCUT2D eigenvalue weighted by Gasteiger charge is 2.35. The third kappa shape index (κ3) is 3.73. The summed E-state index contributed by atoms with van der Waals surface area (Å²) in [7, 11) is -1.13. The second kappa shape index (κ2) is 7.74. The maximum Gasteiger partial charge on any atom is 0.242 e. The van der Waals surface area contributed by atoms with Gasteiger partial charge in [-0.15, -0.1) is 0 Å². The molecule has 1 amide bonds. The Hall–Kier alpha value is -1.16. The van der Waals surface area contributed by atoms with Gasteiger partial charge in [0.25, 0.3) is 0 Å². The highest BCUT2D eigenvalue weighted by Crippen LogP contribution is 2.32. The highest BCUT2D eigenvalue weighted by molar-refractivity contribution is 7.86. The van der Waals surface area contributed by atoms with Crippen LogP contribution in [0.15, 0.2) is 30.3 Å². The second-order valence-corrected chi connectivity index (χ2v) is 7.33. The molecule has 1 aromatic carbocycles. The van der Waals surface area contributed by atoms with Gasteiger partial charge in [0.05, 0.1) is 0 Å². The van der Waals surface area contributed by atoms with Crippen molar-refractivity contribution < 1.29 is 9.00 Å². The Morgan fingerprint density at radius 3 is 2.29 bits per heavy atom. The van der Waals surface area contributed by atoms with Gasteiger partial charge in [-0.25, -0.2) is 0 Å². The Balaban J connectivity index is 2.30. The zero-order chi connectivity index (χ0) is 15.2. The van der Waals surface area contributed by atoms with Gasteiger partial charge in [-0.05, 0) is 32.3 Å². The Kier molecular flexibility index (Phi) is 5.97. The average Bonchev–Trinajstić information content (AvgIpc) is 3.04. The molecule has 1 aliphatic carbocycles. The SMILES string of the molecule is CCN(CC)C(=O)C(c1ccccc1)S(=O)C1CCCC1. The molecule has 0 N–H and O–H groups in total. The fourth-order valence-electron chi connectivity index (χ4n) is 3.02. The van der Waals surface area contributed by atoms with E-state index in [2.05, 4.69) is 0 Å². The smallest absolute Gasteiger partial charge is 0.242 e. The van der Waals surface area contributed by atoms with E-state index in [0.717, 1.165) is 31.2 Å². The predicted molar refractivity (Wildman–Crippen MR) is 87.5 cm³/mol. The summed E-state index contributed by atoms with van der Waals surface area (Å²) in [5, 5.41) is -0.330. The standard InChI is InChI=1S/C17H25NO2S/c1-3-18(4-2)17(19)16(14-10-6-5-7-11-14)21(20)15-12-8-9-13-15/h5-7,10-11,15-16H,3-4,8-9,12-13H2,1-2H3. The fraction of sp³-hybridized carbons (Fsp3) is 0.588. The van der Waals surface area contributed by atoms with Crippen molar-refractivity contribution in [3.63, 3.8) is 0 Å². The molecule has 0 aromatic heterocycles. The molecule has 2 unspecified atom stereocenters. The molecule has 4 heteroatoms. The van der Waals surface area contributed by atoms with Crippen LogP contribution in [0.2, 0.25) is 0 Å². The summed E-state index contributed by atoms with van der Waals surface area (Å²) in [6.45, 7) is 5.28. The molecule has 0 spiro atoms. The van der Waals surface area contributed by atoms with Gasteiger partial charge >= 0.3 is 0 Å². The van der Waals surface area contributed by atoms with Crippen LogP contribution in [0.25, 0.3) is 0 Å². The van der Waals surface area contributed by atoms with Crippen molar-refractivity contribution >= 4 is 16.7 Å². The van der Waals surface area contributed by atoms with E-state index in [4.69, 9.17) is 0 Å². The minimum atomic E-state index is -1.13. The first-order valence-electron chi connectivity index (χ1n) is 7.92. The summed E-state index contributed by atoms with van der Waals surface area (Å²) in [6, 6.07) is 9.63. The van der Waals surface area contributed by atoms with Gasteiger partial charge < -0.3 is 4.90 Å². The molecule has 0 aliphatic heterocycles. The number of hydrogen-bond donors (Lipinski definition) is 0. The molecule has 1 saturated carbocycles. The Labute approximate surface area is 130 Å². The van der Waals surface area contributed by atoms with E-state index in [1.165, 1.54) is 0 Å². The Bertz CT molecular complexity index is 465. The van der Waals surface area contributed by atoms with Gasteiger partial charge in [0.1, 0.15) is 5.25 Å². The number of likely N-dealkylation sites (N-methyl/N-ethyl adjacent to an activating group) is 1. The number of benzene rings is 1. The van der Waals surface area contributed by atoms with Gasteiger partial charge in [0.2, 0.25) is 5.91 Å². The van der Waals surface area contributed by atoms with Crippen LogP contribution in [0.4, 0.5) is 0 Å². The number of carbonyl (C=O) groups is 1. The molecule has 0 radical (unpaired) electrons. The van der Waals surface area contributed by atoms with Gasteiger partial charge in [0, 0.05) is 29.1 Å². The summed E-state index contributed by atoms with van der Waals surface area (Å²) >= 11 is 0. The van der Waals surface area contributed by atoms with Crippen LogP contribution in [0.3, 0.4) is 0 Å². The van der Waals surface area contributed by atoms with E-state index >= 15 is 0 Å². The van der Waals surface area contributed by atoms with Gasteiger partial charge in [-0.1, -0.05) is 43.2 Å². The molecule has 116 valence electrons. The molecule has 0 saturated heterocycles. The van der Waals surface area contributed by atoms with E-state index < -0.39 is 16.0 Å². The van der Waals surface area contributed by atoms with E-state index in [9.17, 15) is 9.00 Å². The van der Waals surface area contributed by atoms with Crippen molar-refractivity contribution in [1.82, 2.24) is 4.90 Å². The number of hydrogen-bond acceptors (Lipinski definition) is 2.